The summed E-state index contributed by atoms with van der Waals surface area (Å²) in [7, 11) is 3.35. The van der Waals surface area contributed by atoms with Crippen LogP contribution in [0.25, 0.3) is 0 Å². The van der Waals surface area contributed by atoms with Crippen LogP contribution in [0, 0.1) is 13.8 Å². The summed E-state index contributed by atoms with van der Waals surface area (Å²) in [5, 5.41) is 6.41. The number of anilines is 1. The molecule has 0 radical (unpaired) electrons. The highest BCUT2D eigenvalue weighted by molar-refractivity contribution is 5.89. The number of hydrogen-bond acceptors (Lipinski definition) is 3. The van der Waals surface area contributed by atoms with Gasteiger partial charge in [-0.2, -0.15) is 0 Å². The van der Waals surface area contributed by atoms with Gasteiger partial charge in [-0.1, -0.05) is 5.16 Å². The Labute approximate surface area is 76.7 Å². The molecule has 0 atom stereocenters. The number of hydrogen-bond donors (Lipinski definition) is 1. The average molecular weight is 183 g/mol. The first-order valence-electron chi connectivity index (χ1n) is 3.93. The van der Waals surface area contributed by atoms with Gasteiger partial charge in [0.25, 0.3) is 0 Å². The summed E-state index contributed by atoms with van der Waals surface area (Å²) in [6.07, 6.45) is 0. The summed E-state index contributed by atoms with van der Waals surface area (Å²) >= 11 is 0. The molecule has 2 amide bonds. The zero-order valence-electron chi connectivity index (χ0n) is 8.21. The molecule has 0 bridgehead atoms. The number of carbonyl (C=O) groups excluding carboxylic acids is 1. The van der Waals surface area contributed by atoms with Crippen LogP contribution in [0.3, 0.4) is 0 Å². The molecule has 1 N–H and O–H groups in total. The molecule has 0 aliphatic heterocycles. The lowest BCUT2D eigenvalue weighted by Gasteiger charge is -2.10. The second-order valence-corrected chi connectivity index (χ2v) is 3.02. The minimum atomic E-state index is -0.186. The first kappa shape index (κ1) is 9.57. The lowest BCUT2D eigenvalue weighted by atomic mass is 10.3. The number of nitrogens with one attached hydrogen (secondary N) is 1. The van der Waals surface area contributed by atoms with Crippen LogP contribution in [0.15, 0.2) is 4.52 Å². The fourth-order valence-electron chi connectivity index (χ4n) is 0.880. The van der Waals surface area contributed by atoms with E-state index in [2.05, 4.69) is 10.5 Å². The Morgan fingerprint density at radius 2 is 2.08 bits per heavy atom. The normalized spacial score (nSPS) is 9.85. The number of aromatic nitrogens is 1. The minimum absolute atomic E-state index is 0.186. The van der Waals surface area contributed by atoms with Gasteiger partial charge in [0, 0.05) is 14.1 Å². The van der Waals surface area contributed by atoms with Crippen LogP contribution >= 0.6 is 0 Å². The van der Waals surface area contributed by atoms with Gasteiger partial charge >= 0.3 is 6.03 Å². The Balaban J connectivity index is 2.79. The van der Waals surface area contributed by atoms with E-state index < -0.39 is 0 Å². The van der Waals surface area contributed by atoms with Gasteiger partial charge in [0.05, 0.1) is 0 Å². The van der Waals surface area contributed by atoms with Gasteiger partial charge in [0.1, 0.15) is 11.4 Å². The highest BCUT2D eigenvalue weighted by atomic mass is 16.5. The lowest BCUT2D eigenvalue weighted by Crippen LogP contribution is -2.27. The van der Waals surface area contributed by atoms with Gasteiger partial charge in [-0.25, -0.2) is 4.79 Å². The van der Waals surface area contributed by atoms with Crippen molar-refractivity contribution in [1.82, 2.24) is 10.1 Å². The molecular weight excluding hydrogens is 170 g/mol. The van der Waals surface area contributed by atoms with Crippen LogP contribution in [0.5, 0.6) is 0 Å². The molecule has 5 heteroatoms. The van der Waals surface area contributed by atoms with Crippen LogP contribution in [-0.2, 0) is 0 Å². The fourth-order valence-corrected chi connectivity index (χ4v) is 0.880. The molecule has 0 saturated carbocycles. The molecule has 0 fully saturated rings. The summed E-state index contributed by atoms with van der Waals surface area (Å²) in [6.45, 7) is 3.53. The lowest BCUT2D eigenvalue weighted by molar-refractivity contribution is 0.230. The Kier molecular flexibility index (Phi) is 2.55. The molecule has 1 aromatic rings. The molecule has 0 aliphatic carbocycles. The SMILES string of the molecule is Cc1noc(C)c1NC(=O)N(C)C. The van der Waals surface area contributed by atoms with Gasteiger partial charge in [-0.15, -0.1) is 0 Å². The van der Waals surface area contributed by atoms with Crippen LogP contribution in [-0.4, -0.2) is 30.2 Å². The summed E-state index contributed by atoms with van der Waals surface area (Å²) in [6, 6.07) is -0.186. The standard InChI is InChI=1S/C8H13N3O2/c1-5-7(6(2)13-10-5)9-8(12)11(3)4/h1-4H3,(H,9,12). The van der Waals surface area contributed by atoms with Crippen molar-refractivity contribution in [3.8, 4) is 0 Å². The third-order valence-corrected chi connectivity index (χ3v) is 1.67. The maximum Gasteiger partial charge on any atom is 0.321 e. The summed E-state index contributed by atoms with van der Waals surface area (Å²) < 4.78 is 4.89. The summed E-state index contributed by atoms with van der Waals surface area (Å²) in [5.74, 6) is 0.618. The first-order valence-corrected chi connectivity index (χ1v) is 3.93. The third kappa shape index (κ3) is 1.99. The number of nitrogens with zero attached hydrogens (tertiary/aromatic N) is 2. The minimum Gasteiger partial charge on any atom is -0.359 e. The van der Waals surface area contributed by atoms with Crippen LogP contribution < -0.4 is 5.32 Å². The number of rotatable bonds is 1. The van der Waals surface area contributed by atoms with Crippen LogP contribution in [0.4, 0.5) is 10.5 Å². The Bertz CT molecular complexity index is 298. The van der Waals surface area contributed by atoms with Gasteiger partial charge in [0.2, 0.25) is 0 Å². The molecule has 1 rings (SSSR count). The van der Waals surface area contributed by atoms with E-state index in [1.54, 1.807) is 27.9 Å². The average Bonchev–Trinajstić information content (AvgIpc) is 2.35. The van der Waals surface area contributed by atoms with Crippen molar-refractivity contribution in [3.05, 3.63) is 11.5 Å². The monoisotopic (exact) mass is 183 g/mol. The summed E-state index contributed by atoms with van der Waals surface area (Å²) in [4.78, 5) is 12.7. The van der Waals surface area contributed by atoms with Gasteiger partial charge < -0.3 is 14.7 Å². The van der Waals surface area contributed by atoms with E-state index in [1.165, 1.54) is 4.90 Å². The molecule has 0 unspecified atom stereocenters. The first-order chi connectivity index (χ1) is 6.02. The quantitative estimate of drug-likeness (QED) is 0.715. The van der Waals surface area contributed by atoms with Crippen molar-refractivity contribution >= 4 is 11.7 Å². The Morgan fingerprint density at radius 1 is 1.46 bits per heavy atom. The molecule has 72 valence electrons. The zero-order chi connectivity index (χ0) is 10.0. The predicted molar refractivity (Wildman–Crippen MR) is 48.7 cm³/mol. The highest BCUT2D eigenvalue weighted by Crippen LogP contribution is 2.18. The van der Waals surface area contributed by atoms with E-state index in [1.807, 2.05) is 0 Å². The fraction of sp³-hybridized carbons (Fsp3) is 0.500. The van der Waals surface area contributed by atoms with E-state index in [0.717, 1.165) is 0 Å². The van der Waals surface area contributed by atoms with Gasteiger partial charge in [-0.05, 0) is 13.8 Å². The Morgan fingerprint density at radius 3 is 2.46 bits per heavy atom. The number of urea groups is 1. The van der Waals surface area contributed by atoms with E-state index in [4.69, 9.17) is 4.52 Å². The van der Waals surface area contributed by atoms with Gasteiger partial charge in [0.15, 0.2) is 5.76 Å². The molecule has 0 spiro atoms. The number of aryl methyl sites for hydroxylation is 2. The Hall–Kier alpha value is -1.52. The largest absolute Gasteiger partial charge is 0.359 e. The predicted octanol–water partition coefficient (Wildman–Crippen LogP) is 1.38. The molecule has 1 heterocycles. The second-order valence-electron chi connectivity index (χ2n) is 3.02. The molecule has 5 nitrogen and oxygen atoms in total. The van der Waals surface area contributed by atoms with Gasteiger partial charge in [-0.3, -0.25) is 0 Å². The number of amides is 2. The zero-order valence-corrected chi connectivity index (χ0v) is 8.21. The molecule has 0 saturated heterocycles. The topological polar surface area (TPSA) is 58.4 Å². The molecule has 0 aliphatic rings. The van der Waals surface area contributed by atoms with Crippen molar-refractivity contribution in [2.75, 3.05) is 19.4 Å². The molecule has 13 heavy (non-hydrogen) atoms. The smallest absolute Gasteiger partial charge is 0.321 e. The maximum atomic E-state index is 11.3. The van der Waals surface area contributed by atoms with E-state index in [9.17, 15) is 4.79 Å². The summed E-state index contributed by atoms with van der Waals surface area (Å²) in [5.41, 5.74) is 1.34. The van der Waals surface area contributed by atoms with Crippen molar-refractivity contribution in [2.45, 2.75) is 13.8 Å². The highest BCUT2D eigenvalue weighted by Gasteiger charge is 2.12. The van der Waals surface area contributed by atoms with Crippen molar-refractivity contribution in [3.63, 3.8) is 0 Å². The van der Waals surface area contributed by atoms with Crippen LogP contribution in [0.1, 0.15) is 11.5 Å². The van der Waals surface area contributed by atoms with Crippen molar-refractivity contribution < 1.29 is 9.32 Å². The van der Waals surface area contributed by atoms with Crippen LogP contribution in [0.2, 0.25) is 0 Å². The van der Waals surface area contributed by atoms with E-state index in [-0.39, 0.29) is 6.03 Å². The molecule has 0 aromatic carbocycles. The van der Waals surface area contributed by atoms with E-state index >= 15 is 0 Å². The third-order valence-electron chi connectivity index (χ3n) is 1.67. The number of carbonyl (C=O) groups is 1. The van der Waals surface area contributed by atoms with E-state index in [0.29, 0.717) is 17.1 Å². The molecular formula is C8H13N3O2. The van der Waals surface area contributed by atoms with Crippen molar-refractivity contribution in [2.24, 2.45) is 0 Å². The second kappa shape index (κ2) is 3.47. The maximum absolute atomic E-state index is 11.3. The van der Waals surface area contributed by atoms with Crippen molar-refractivity contribution in [1.29, 1.82) is 0 Å². The molecule has 1 aromatic heterocycles.